The van der Waals surface area contributed by atoms with Crippen molar-refractivity contribution in [3.63, 3.8) is 0 Å². The molecule has 0 bridgehead atoms. The number of rotatable bonds is 3. The summed E-state index contributed by atoms with van der Waals surface area (Å²) in [5.41, 5.74) is 2.48. The Morgan fingerprint density at radius 1 is 0.368 bits per heavy atom. The van der Waals surface area contributed by atoms with Gasteiger partial charge >= 0.3 is 0 Å². The van der Waals surface area contributed by atoms with Crippen molar-refractivity contribution < 1.29 is 14.2 Å². The van der Waals surface area contributed by atoms with Crippen molar-refractivity contribution in [2.45, 2.75) is 251 Å². The van der Waals surface area contributed by atoms with Gasteiger partial charge in [-0.05, 0) is 242 Å². The molecule has 20 atom stereocenters. The highest BCUT2D eigenvalue weighted by molar-refractivity contribution is 4.92. The van der Waals surface area contributed by atoms with Gasteiger partial charge < -0.3 is 49.3 Å². The number of allylic oxidation sites excluding steroid dienone is 1. The third-order valence-electron chi connectivity index (χ3n) is 25.4. The standard InChI is InChI=1S/C10H19N.C9H19N.2C8H17N.2C7H15N.C7H14O.C7H14.C6H13N.C6H12O.C5H10O.C5H10/c1-8(2)11-6-5-9(3)10(4)7-11;1-4-10-6-5-8(2)9(3)7-10;1-7-4-5-9(3)6-8(7)2;1-4-9-5-7(2)8(3)6-9;1-6-4-8(3)5-7(6)2;2*1-6-3-4-8-5-7(6)2;1-6-4-3-5-7(6)2;2*1-5-3-7-4-6(5)2;1-5(2)3-6-4-5;1-5(2)3-4-5/h9-10H,1,5-7H2,2-4H3;8-9H,4-7H2,1-3H3;2*7-8H,4-6H2,1-3H3;6-7H,4-5H2,1-3H3;6-8H,3-5H2,1-2H3;6-7H,3-5H2,1-2H3;6-7H,3-5H2,1-2H3;5-7H,3-4H2,1-2H3;5-6H,3-4H2,1-2H3;3-4H2,1-2H3;3-4H2,1-2H3/t9?,10-;8?,9-;7?,8-;7-,8?;6-,7?;6?,7-;2*6-,7?;2*5-,6?;;/m0000000000../s1. The molecule has 0 aromatic heterocycles. The van der Waals surface area contributed by atoms with E-state index >= 15 is 0 Å². The van der Waals surface area contributed by atoms with E-state index in [1.807, 2.05) is 0 Å². The first kappa shape index (κ1) is 92.2. The molecular formula is C85H175N7O3. The molecule has 0 aromatic rings. The Balaban J connectivity index is 0.000000520. The Kier molecular flexibility index (Phi) is 48.3. The summed E-state index contributed by atoms with van der Waals surface area (Å²) in [7, 11) is 4.41. The van der Waals surface area contributed by atoms with Crippen molar-refractivity contribution >= 4 is 0 Å². The molecule has 0 amide bonds. The van der Waals surface area contributed by atoms with Gasteiger partial charge in [-0.25, -0.2) is 0 Å². The fourth-order valence-electron chi connectivity index (χ4n) is 13.6. The van der Waals surface area contributed by atoms with Gasteiger partial charge in [-0.3, -0.25) is 0 Å². The predicted molar refractivity (Wildman–Crippen MR) is 421 cm³/mol. The van der Waals surface area contributed by atoms with Crippen LogP contribution in [0.3, 0.4) is 0 Å². The van der Waals surface area contributed by atoms with Crippen LogP contribution in [0.2, 0.25) is 0 Å². The van der Waals surface area contributed by atoms with Gasteiger partial charge in [-0.15, -0.1) is 0 Å². The Morgan fingerprint density at radius 3 is 0.968 bits per heavy atom. The van der Waals surface area contributed by atoms with Crippen molar-refractivity contribution in [1.82, 2.24) is 35.1 Å². The topological polar surface area (TPSA) is 68.0 Å². The molecule has 10 nitrogen and oxygen atoms in total. The molecule has 95 heavy (non-hydrogen) atoms. The van der Waals surface area contributed by atoms with E-state index in [0.717, 1.165) is 163 Å². The molecule has 568 valence electrons. The van der Waals surface area contributed by atoms with Crippen LogP contribution in [0.1, 0.15) is 251 Å². The summed E-state index contributed by atoms with van der Waals surface area (Å²) in [5.74, 6) is 18.0. The predicted octanol–water partition coefficient (Wildman–Crippen LogP) is 19.2. The fourth-order valence-corrected chi connectivity index (χ4v) is 13.6. The zero-order valence-corrected chi connectivity index (χ0v) is 69.8. The summed E-state index contributed by atoms with van der Waals surface area (Å²) in [4.78, 5) is 12.3. The highest BCUT2D eigenvalue weighted by atomic mass is 16.5. The van der Waals surface area contributed by atoms with Gasteiger partial charge in [0.2, 0.25) is 0 Å². The van der Waals surface area contributed by atoms with Crippen LogP contribution in [0.25, 0.3) is 0 Å². The fraction of sp³-hybridized carbons (Fsp3) is 0.976. The average Bonchev–Trinajstić information content (AvgIpc) is 1.76. The number of piperidine rings is 4. The largest absolute Gasteiger partial charge is 0.381 e. The van der Waals surface area contributed by atoms with Gasteiger partial charge in [0.25, 0.3) is 0 Å². The van der Waals surface area contributed by atoms with E-state index in [1.54, 1.807) is 0 Å². The van der Waals surface area contributed by atoms with Crippen molar-refractivity contribution in [3.05, 3.63) is 12.3 Å². The van der Waals surface area contributed by atoms with Crippen LogP contribution in [-0.4, -0.2) is 183 Å². The molecule has 10 aliphatic heterocycles. The second kappa shape index (κ2) is 49.7. The molecule has 12 fully saturated rings. The molecule has 10 saturated heterocycles. The van der Waals surface area contributed by atoms with Crippen LogP contribution >= 0.6 is 0 Å². The summed E-state index contributed by atoms with van der Waals surface area (Å²) >= 11 is 0. The van der Waals surface area contributed by atoms with E-state index in [1.165, 1.54) is 175 Å². The molecule has 0 radical (unpaired) electrons. The second-order valence-corrected chi connectivity index (χ2v) is 36.6. The van der Waals surface area contributed by atoms with E-state index in [4.69, 9.17) is 14.2 Å². The third kappa shape index (κ3) is 42.4. The third-order valence-corrected chi connectivity index (χ3v) is 25.4. The van der Waals surface area contributed by atoms with E-state index in [2.05, 4.69) is 243 Å². The highest BCUT2D eigenvalue weighted by Crippen LogP contribution is 2.43. The first-order valence-corrected chi connectivity index (χ1v) is 40.8. The second-order valence-electron chi connectivity index (χ2n) is 36.6. The summed E-state index contributed by atoms with van der Waals surface area (Å²) in [6, 6.07) is 0. The maximum atomic E-state index is 5.25. The van der Waals surface area contributed by atoms with Crippen LogP contribution < -0.4 is 10.6 Å². The van der Waals surface area contributed by atoms with Crippen molar-refractivity contribution in [1.29, 1.82) is 0 Å². The Bertz CT molecular complexity index is 1720. The molecule has 10 heterocycles. The molecule has 12 aliphatic rings. The summed E-state index contributed by atoms with van der Waals surface area (Å²) in [5, 5.41) is 6.69. The number of nitrogens with zero attached hydrogens (tertiary/aromatic N) is 5. The lowest BCUT2D eigenvalue weighted by atomic mass is 9.88. The van der Waals surface area contributed by atoms with Gasteiger partial charge in [-0.2, -0.15) is 0 Å². The van der Waals surface area contributed by atoms with E-state index < -0.39 is 0 Å². The molecular weight excluding hydrogens is 1170 g/mol. The molecule has 2 N–H and O–H groups in total. The first-order chi connectivity index (χ1) is 44.4. The first-order valence-electron chi connectivity index (χ1n) is 40.8. The van der Waals surface area contributed by atoms with Crippen molar-refractivity contribution in [2.75, 3.05) is 158 Å². The smallest absolute Gasteiger partial charge is 0.0539 e. The molecule has 2 aliphatic carbocycles. The SMILES string of the molecule is C=C(C)N1CCC(C)[C@@H](C)C1.CC1(C)CC1.CC1(C)COC1.CC1CCC[C@@H]1C.CC1CCN(C)C[C@@H]1C.CC1CCNC[C@@H]1C.CC1CN(C)C[C@@H]1C.CC1CNC[C@@H]1C.CC1COCC[C@@H]1C.CC1COC[C@@H]1C.CCN1CC(C)[C@@H](C)C1.CCN1CCC(C)[C@@H](C)C1. The minimum Gasteiger partial charge on any atom is -0.381 e. The zero-order chi connectivity index (χ0) is 72.2. The normalized spacial score (nSPS) is 37.6. The maximum absolute atomic E-state index is 5.25. The van der Waals surface area contributed by atoms with Crippen LogP contribution in [-0.2, 0) is 14.2 Å². The number of hydrogen-bond acceptors (Lipinski definition) is 10. The van der Waals surface area contributed by atoms with Gasteiger partial charge in [-0.1, -0.05) is 206 Å². The lowest BCUT2D eigenvalue weighted by Crippen LogP contribution is -2.37. The van der Waals surface area contributed by atoms with Gasteiger partial charge in [0.15, 0.2) is 0 Å². The van der Waals surface area contributed by atoms with Crippen molar-refractivity contribution in [3.8, 4) is 0 Å². The van der Waals surface area contributed by atoms with E-state index in [0.29, 0.717) is 5.41 Å². The minimum absolute atomic E-state index is 0.500. The number of ether oxygens (including phenoxy) is 3. The average molecular weight is 1340 g/mol. The van der Waals surface area contributed by atoms with Crippen LogP contribution in [0.5, 0.6) is 0 Å². The molecule has 0 spiro atoms. The maximum Gasteiger partial charge on any atom is 0.0539 e. The monoisotopic (exact) mass is 1340 g/mol. The Morgan fingerprint density at radius 2 is 0.716 bits per heavy atom. The lowest BCUT2D eigenvalue weighted by molar-refractivity contribution is -0.0892. The van der Waals surface area contributed by atoms with Crippen LogP contribution in [0, 0.1) is 129 Å². The minimum atomic E-state index is 0.500. The summed E-state index contributed by atoms with van der Waals surface area (Å²) < 4.78 is 15.4. The zero-order valence-electron chi connectivity index (χ0n) is 69.8. The van der Waals surface area contributed by atoms with Crippen LogP contribution in [0.4, 0.5) is 0 Å². The van der Waals surface area contributed by atoms with Crippen molar-refractivity contribution in [2.24, 2.45) is 129 Å². The Labute approximate surface area is 597 Å². The molecule has 12 rings (SSSR count). The molecule has 10 unspecified atom stereocenters. The lowest BCUT2D eigenvalue weighted by Gasteiger charge is -2.36. The molecule has 0 aromatic carbocycles. The number of hydrogen-bond donors (Lipinski definition) is 2. The molecule has 2 saturated carbocycles. The quantitative estimate of drug-likeness (QED) is 0.286. The van der Waals surface area contributed by atoms with E-state index in [9.17, 15) is 0 Å². The van der Waals surface area contributed by atoms with Gasteiger partial charge in [0.05, 0.1) is 13.2 Å². The number of likely N-dealkylation sites (tertiary alicyclic amines) is 5. The van der Waals surface area contributed by atoms with Gasteiger partial charge in [0, 0.05) is 89.9 Å². The van der Waals surface area contributed by atoms with Gasteiger partial charge in [0.1, 0.15) is 0 Å². The highest BCUT2D eigenvalue weighted by Gasteiger charge is 2.31. The summed E-state index contributed by atoms with van der Waals surface area (Å²) in [6.07, 6.45) is 14.0. The van der Waals surface area contributed by atoms with E-state index in [-0.39, 0.29) is 0 Å². The van der Waals surface area contributed by atoms with Crippen LogP contribution in [0.15, 0.2) is 12.3 Å². The molecule has 10 heteroatoms. The number of nitrogens with one attached hydrogen (secondary N) is 2. The Hall–Kier alpha value is -0.820. The summed E-state index contributed by atoms with van der Waals surface area (Å²) in [6.45, 7) is 92.1.